The number of hydrogen-bond acceptors (Lipinski definition) is 0. The van der Waals surface area contributed by atoms with Gasteiger partial charge in [-0.3, -0.25) is 0 Å². The highest BCUT2D eigenvalue weighted by atomic mass is 14.3. The minimum absolute atomic E-state index is 0.820. The molecule has 150 valence electrons. The Morgan fingerprint density at radius 3 is 2.15 bits per heavy atom. The maximum Gasteiger partial charge on any atom is -0.0162 e. The summed E-state index contributed by atoms with van der Waals surface area (Å²) in [4.78, 5) is 0. The van der Waals surface area contributed by atoms with E-state index in [1.54, 1.807) is 11.1 Å². The van der Waals surface area contributed by atoms with E-state index in [2.05, 4.69) is 44.2 Å². The van der Waals surface area contributed by atoms with Crippen molar-refractivity contribution in [3.8, 4) is 0 Å². The molecule has 0 nitrogen and oxygen atoms in total. The van der Waals surface area contributed by atoms with Crippen LogP contribution in [0.25, 0.3) is 5.57 Å². The third-order valence-electron chi connectivity index (χ3n) is 7.28. The first-order valence-electron chi connectivity index (χ1n) is 12.1. The van der Waals surface area contributed by atoms with Gasteiger partial charge in [-0.15, -0.1) is 0 Å². The fourth-order valence-corrected chi connectivity index (χ4v) is 5.43. The second-order valence-corrected chi connectivity index (χ2v) is 9.35. The molecule has 0 aliphatic heterocycles. The van der Waals surface area contributed by atoms with Crippen LogP contribution in [0.4, 0.5) is 0 Å². The van der Waals surface area contributed by atoms with Gasteiger partial charge in [0.1, 0.15) is 0 Å². The first kappa shape index (κ1) is 20.7. The molecule has 1 aromatic rings. The van der Waals surface area contributed by atoms with Crippen molar-refractivity contribution in [1.29, 1.82) is 0 Å². The summed E-state index contributed by atoms with van der Waals surface area (Å²) in [5.41, 5.74) is 4.69. The third kappa shape index (κ3) is 6.23. The van der Waals surface area contributed by atoms with E-state index in [-0.39, 0.29) is 0 Å². The number of benzene rings is 1. The van der Waals surface area contributed by atoms with Gasteiger partial charge in [-0.05, 0) is 79.4 Å². The lowest BCUT2D eigenvalue weighted by Crippen LogP contribution is -2.13. The van der Waals surface area contributed by atoms with E-state index in [0.29, 0.717) is 0 Å². The first-order valence-corrected chi connectivity index (χ1v) is 12.1. The quantitative estimate of drug-likeness (QED) is 0.383. The third-order valence-corrected chi connectivity index (χ3v) is 7.28. The van der Waals surface area contributed by atoms with Crippen LogP contribution in [0.1, 0.15) is 121 Å². The van der Waals surface area contributed by atoms with Crippen LogP contribution in [0, 0.1) is 11.8 Å². The highest BCUT2D eigenvalue weighted by Gasteiger charge is 2.22. The summed E-state index contributed by atoms with van der Waals surface area (Å²) in [5, 5.41) is 0. The fraction of sp³-hybridized carbons (Fsp3) is 0.704. The molecule has 0 heteroatoms. The Morgan fingerprint density at radius 2 is 1.52 bits per heavy atom. The van der Waals surface area contributed by atoms with Crippen molar-refractivity contribution >= 4 is 5.57 Å². The van der Waals surface area contributed by atoms with Crippen LogP contribution in [0.3, 0.4) is 0 Å². The highest BCUT2D eigenvalue weighted by Crippen LogP contribution is 2.39. The molecule has 0 aromatic heterocycles. The second-order valence-electron chi connectivity index (χ2n) is 9.35. The van der Waals surface area contributed by atoms with E-state index < -0.39 is 0 Å². The Bertz CT molecular complexity index is 556. The lowest BCUT2D eigenvalue weighted by Gasteiger charge is -2.29. The van der Waals surface area contributed by atoms with Gasteiger partial charge in [0.15, 0.2) is 0 Å². The van der Waals surface area contributed by atoms with Crippen molar-refractivity contribution in [2.75, 3.05) is 0 Å². The summed E-state index contributed by atoms with van der Waals surface area (Å²) in [6.45, 7) is 4.63. The van der Waals surface area contributed by atoms with Crippen LogP contribution in [0.15, 0.2) is 30.3 Å². The van der Waals surface area contributed by atoms with E-state index in [1.807, 2.05) is 0 Å². The molecule has 0 radical (unpaired) electrons. The number of hydrogen-bond donors (Lipinski definition) is 0. The topological polar surface area (TPSA) is 0 Å². The molecule has 0 amide bonds. The largest absolute Gasteiger partial charge is 0.0804 e. The van der Waals surface area contributed by atoms with Crippen LogP contribution < -0.4 is 0 Å². The second kappa shape index (κ2) is 11.1. The standard InChI is InChI=1S/C27H42/c1-3-5-6-7-9-23-12-16-25(17-13-23)27-20-18-26(19-21-27)24-14-10-22(8-4-2)11-15-24/h14,18-23,25H,3-13,15-17H2,1-2H3/t22?,23-,25-. The predicted molar refractivity (Wildman–Crippen MR) is 120 cm³/mol. The molecular formula is C27H42. The van der Waals surface area contributed by atoms with Crippen molar-refractivity contribution < 1.29 is 0 Å². The lowest BCUT2D eigenvalue weighted by atomic mass is 9.76. The Labute approximate surface area is 168 Å². The van der Waals surface area contributed by atoms with Crippen LogP contribution in [0.2, 0.25) is 0 Å². The van der Waals surface area contributed by atoms with Crippen LogP contribution in [-0.2, 0) is 0 Å². The molecule has 0 N–H and O–H groups in total. The highest BCUT2D eigenvalue weighted by molar-refractivity contribution is 5.66. The van der Waals surface area contributed by atoms with Crippen molar-refractivity contribution in [2.24, 2.45) is 11.8 Å². The van der Waals surface area contributed by atoms with Crippen molar-refractivity contribution in [3.05, 3.63) is 41.5 Å². The summed E-state index contributed by atoms with van der Waals surface area (Å²) in [7, 11) is 0. The fourth-order valence-electron chi connectivity index (χ4n) is 5.43. The SMILES string of the molecule is CCCCCC[C@H]1CC[C@H](c2ccc(C3=CCC(CCC)CC3)cc2)CC1. The van der Waals surface area contributed by atoms with E-state index in [9.17, 15) is 0 Å². The predicted octanol–water partition coefficient (Wildman–Crippen LogP) is 8.91. The monoisotopic (exact) mass is 366 g/mol. The molecule has 0 bridgehead atoms. The zero-order chi connectivity index (χ0) is 18.9. The van der Waals surface area contributed by atoms with E-state index in [4.69, 9.17) is 0 Å². The van der Waals surface area contributed by atoms with E-state index >= 15 is 0 Å². The Balaban J connectivity index is 1.46. The summed E-state index contributed by atoms with van der Waals surface area (Å²) < 4.78 is 0. The molecule has 1 aromatic carbocycles. The van der Waals surface area contributed by atoms with Crippen LogP contribution in [0.5, 0.6) is 0 Å². The summed E-state index contributed by atoms with van der Waals surface area (Å²) in [6.07, 6.45) is 22.2. The van der Waals surface area contributed by atoms with Gasteiger partial charge in [-0.2, -0.15) is 0 Å². The molecule has 1 fully saturated rings. The van der Waals surface area contributed by atoms with Gasteiger partial charge in [-0.25, -0.2) is 0 Å². The number of allylic oxidation sites excluding steroid dienone is 2. The lowest BCUT2D eigenvalue weighted by molar-refractivity contribution is 0.302. The summed E-state index contributed by atoms with van der Waals surface area (Å²) in [6, 6.07) is 9.72. The molecule has 0 saturated heterocycles. The van der Waals surface area contributed by atoms with E-state index in [1.165, 1.54) is 95.5 Å². The molecule has 1 atom stereocenters. The normalized spacial score (nSPS) is 26.0. The molecule has 27 heavy (non-hydrogen) atoms. The number of unbranched alkanes of at least 4 members (excludes halogenated alkanes) is 3. The van der Waals surface area contributed by atoms with Gasteiger partial charge in [0.05, 0.1) is 0 Å². The minimum atomic E-state index is 0.820. The van der Waals surface area contributed by atoms with Gasteiger partial charge >= 0.3 is 0 Å². The minimum Gasteiger partial charge on any atom is -0.0804 e. The molecule has 1 unspecified atom stereocenters. The molecule has 3 rings (SSSR count). The average Bonchev–Trinajstić information content (AvgIpc) is 2.73. The summed E-state index contributed by atoms with van der Waals surface area (Å²) >= 11 is 0. The molecular weight excluding hydrogens is 324 g/mol. The van der Waals surface area contributed by atoms with Crippen LogP contribution >= 0.6 is 0 Å². The molecule has 0 heterocycles. The van der Waals surface area contributed by atoms with Crippen LogP contribution in [-0.4, -0.2) is 0 Å². The molecule has 0 spiro atoms. The summed E-state index contributed by atoms with van der Waals surface area (Å²) in [5.74, 6) is 2.77. The Kier molecular flexibility index (Phi) is 8.49. The Morgan fingerprint density at radius 1 is 0.741 bits per heavy atom. The van der Waals surface area contributed by atoms with E-state index in [0.717, 1.165) is 17.8 Å². The smallest absolute Gasteiger partial charge is 0.0162 e. The Hall–Kier alpha value is -1.04. The van der Waals surface area contributed by atoms with Gasteiger partial charge in [-0.1, -0.05) is 89.1 Å². The zero-order valence-electron chi connectivity index (χ0n) is 18.0. The van der Waals surface area contributed by atoms with Gasteiger partial charge in [0.2, 0.25) is 0 Å². The molecule has 2 aliphatic rings. The molecule has 1 saturated carbocycles. The van der Waals surface area contributed by atoms with Gasteiger partial charge in [0, 0.05) is 0 Å². The van der Waals surface area contributed by atoms with Crippen molar-refractivity contribution in [1.82, 2.24) is 0 Å². The van der Waals surface area contributed by atoms with Gasteiger partial charge in [0.25, 0.3) is 0 Å². The number of rotatable bonds is 9. The van der Waals surface area contributed by atoms with Crippen molar-refractivity contribution in [2.45, 2.75) is 110 Å². The first-order chi connectivity index (χ1) is 13.3. The maximum atomic E-state index is 2.53. The van der Waals surface area contributed by atoms with Gasteiger partial charge < -0.3 is 0 Å². The zero-order valence-corrected chi connectivity index (χ0v) is 18.0. The average molecular weight is 367 g/mol. The van der Waals surface area contributed by atoms with Crippen molar-refractivity contribution in [3.63, 3.8) is 0 Å². The molecule has 2 aliphatic carbocycles. The maximum absolute atomic E-state index is 2.53.